The molecule has 1 aliphatic rings. The summed E-state index contributed by atoms with van der Waals surface area (Å²) in [5.74, 6) is 1.23. The Hall–Kier alpha value is -1.70. The van der Waals surface area contributed by atoms with Crippen LogP contribution in [-0.2, 0) is 0 Å². The number of ketones is 1. The molecule has 0 radical (unpaired) electrons. The van der Waals surface area contributed by atoms with Gasteiger partial charge in [-0.3, -0.25) is 9.78 Å². The number of hydrogen-bond acceptors (Lipinski definition) is 2. The topological polar surface area (TPSA) is 30.0 Å². The van der Waals surface area contributed by atoms with Crippen LogP contribution in [0.2, 0.25) is 0 Å². The third-order valence-corrected chi connectivity index (χ3v) is 4.39. The summed E-state index contributed by atoms with van der Waals surface area (Å²) >= 11 is 0. The third kappa shape index (κ3) is 2.27. The maximum atomic E-state index is 12.7. The Balaban J connectivity index is 1.94. The van der Waals surface area contributed by atoms with E-state index >= 15 is 0 Å². The average Bonchev–Trinajstić information content (AvgIpc) is 2.95. The van der Waals surface area contributed by atoms with E-state index in [9.17, 15) is 4.79 Å². The Labute approximate surface area is 113 Å². The highest BCUT2D eigenvalue weighted by molar-refractivity contribution is 6.07. The van der Waals surface area contributed by atoms with Gasteiger partial charge in [0.2, 0.25) is 0 Å². The summed E-state index contributed by atoms with van der Waals surface area (Å²) in [7, 11) is 0. The average molecular weight is 253 g/mol. The first-order chi connectivity index (χ1) is 9.29. The fourth-order valence-electron chi connectivity index (χ4n) is 3.21. The van der Waals surface area contributed by atoms with E-state index in [-0.39, 0.29) is 5.92 Å². The third-order valence-electron chi connectivity index (χ3n) is 4.39. The number of nitrogens with zero attached hydrogens (tertiary/aromatic N) is 1. The molecule has 1 aliphatic carbocycles. The molecule has 1 heterocycles. The molecule has 1 fully saturated rings. The molecule has 1 aromatic heterocycles. The van der Waals surface area contributed by atoms with Crippen molar-refractivity contribution in [1.82, 2.24) is 4.98 Å². The van der Waals surface area contributed by atoms with Crippen molar-refractivity contribution in [3.05, 3.63) is 42.1 Å². The number of rotatable bonds is 3. The normalized spacial score (nSPS) is 22.8. The predicted octanol–water partition coefficient (Wildman–Crippen LogP) is 4.24. The summed E-state index contributed by atoms with van der Waals surface area (Å²) in [6.45, 7) is 2.22. The van der Waals surface area contributed by atoms with Gasteiger partial charge < -0.3 is 0 Å². The zero-order valence-corrected chi connectivity index (χ0v) is 11.3. The molecule has 0 saturated heterocycles. The van der Waals surface area contributed by atoms with E-state index in [1.54, 1.807) is 6.20 Å². The van der Waals surface area contributed by atoms with Crippen molar-refractivity contribution in [3.8, 4) is 0 Å². The zero-order chi connectivity index (χ0) is 13.2. The quantitative estimate of drug-likeness (QED) is 0.766. The number of para-hydroxylation sites is 1. The van der Waals surface area contributed by atoms with Crippen LogP contribution in [0.3, 0.4) is 0 Å². The minimum atomic E-state index is 0.206. The second-order valence-electron chi connectivity index (χ2n) is 5.53. The first kappa shape index (κ1) is 12.3. The monoisotopic (exact) mass is 253 g/mol. The van der Waals surface area contributed by atoms with Gasteiger partial charge in [0.1, 0.15) is 0 Å². The van der Waals surface area contributed by atoms with Crippen LogP contribution in [0.5, 0.6) is 0 Å². The fraction of sp³-hybridized carbons (Fsp3) is 0.412. The lowest BCUT2D eigenvalue weighted by Gasteiger charge is -2.11. The second kappa shape index (κ2) is 5.12. The van der Waals surface area contributed by atoms with Crippen LogP contribution < -0.4 is 0 Å². The molecule has 0 amide bonds. The Morgan fingerprint density at radius 1 is 1.26 bits per heavy atom. The van der Waals surface area contributed by atoms with E-state index in [2.05, 4.69) is 11.9 Å². The molecule has 0 N–H and O–H groups in total. The van der Waals surface area contributed by atoms with E-state index < -0.39 is 0 Å². The van der Waals surface area contributed by atoms with Gasteiger partial charge in [0, 0.05) is 23.1 Å². The van der Waals surface area contributed by atoms with E-state index in [4.69, 9.17) is 0 Å². The molecule has 2 aromatic rings. The highest BCUT2D eigenvalue weighted by atomic mass is 16.1. The molecule has 2 nitrogen and oxygen atoms in total. The molecule has 19 heavy (non-hydrogen) atoms. The lowest BCUT2D eigenvalue weighted by molar-refractivity contribution is 0.0921. The smallest absolute Gasteiger partial charge is 0.168 e. The minimum Gasteiger partial charge on any atom is -0.294 e. The van der Waals surface area contributed by atoms with Gasteiger partial charge in [-0.1, -0.05) is 31.5 Å². The zero-order valence-electron chi connectivity index (χ0n) is 11.3. The highest BCUT2D eigenvalue weighted by Crippen LogP contribution is 2.35. The largest absolute Gasteiger partial charge is 0.294 e. The van der Waals surface area contributed by atoms with Crippen molar-refractivity contribution in [2.75, 3.05) is 0 Å². The number of aromatic nitrogens is 1. The fourth-order valence-corrected chi connectivity index (χ4v) is 3.21. The van der Waals surface area contributed by atoms with Gasteiger partial charge in [-0.15, -0.1) is 0 Å². The summed E-state index contributed by atoms with van der Waals surface area (Å²) in [5.41, 5.74) is 1.66. The molecule has 3 rings (SSSR count). The summed E-state index contributed by atoms with van der Waals surface area (Å²) < 4.78 is 0. The number of carbonyl (C=O) groups is 1. The molecule has 0 spiro atoms. The summed E-state index contributed by atoms with van der Waals surface area (Å²) in [6.07, 6.45) is 6.25. The van der Waals surface area contributed by atoms with Gasteiger partial charge >= 0.3 is 0 Å². The summed E-state index contributed by atoms with van der Waals surface area (Å²) in [4.78, 5) is 17.1. The maximum absolute atomic E-state index is 12.7. The number of pyridine rings is 1. The Morgan fingerprint density at radius 3 is 2.89 bits per heavy atom. The molecular formula is C17H19NO. The van der Waals surface area contributed by atoms with Crippen LogP contribution >= 0.6 is 0 Å². The second-order valence-corrected chi connectivity index (χ2v) is 5.53. The van der Waals surface area contributed by atoms with Gasteiger partial charge in [0.25, 0.3) is 0 Å². The van der Waals surface area contributed by atoms with Gasteiger partial charge in [-0.2, -0.15) is 0 Å². The molecule has 2 atom stereocenters. The predicted molar refractivity (Wildman–Crippen MR) is 77.2 cm³/mol. The highest BCUT2D eigenvalue weighted by Gasteiger charge is 2.30. The van der Waals surface area contributed by atoms with E-state index in [0.717, 1.165) is 35.2 Å². The summed E-state index contributed by atoms with van der Waals surface area (Å²) in [6, 6.07) is 9.84. The van der Waals surface area contributed by atoms with E-state index in [1.165, 1.54) is 12.8 Å². The Morgan fingerprint density at radius 2 is 2.11 bits per heavy atom. The van der Waals surface area contributed by atoms with Gasteiger partial charge in [-0.05, 0) is 37.3 Å². The van der Waals surface area contributed by atoms with Crippen molar-refractivity contribution in [2.24, 2.45) is 11.8 Å². The van der Waals surface area contributed by atoms with Crippen LogP contribution in [-0.4, -0.2) is 10.8 Å². The van der Waals surface area contributed by atoms with E-state index in [0.29, 0.717) is 5.78 Å². The van der Waals surface area contributed by atoms with Crippen LogP contribution in [0.4, 0.5) is 0 Å². The lowest BCUT2D eigenvalue weighted by Crippen LogP contribution is -2.12. The molecule has 2 unspecified atom stereocenters. The molecule has 2 heteroatoms. The van der Waals surface area contributed by atoms with Crippen molar-refractivity contribution in [1.29, 1.82) is 0 Å². The van der Waals surface area contributed by atoms with Crippen molar-refractivity contribution in [2.45, 2.75) is 32.6 Å². The molecular weight excluding hydrogens is 234 g/mol. The lowest BCUT2D eigenvalue weighted by atomic mass is 9.93. The number of fused-ring (bicyclic) bond motifs is 1. The van der Waals surface area contributed by atoms with E-state index in [1.807, 2.05) is 30.3 Å². The van der Waals surface area contributed by atoms with Crippen molar-refractivity contribution >= 4 is 16.7 Å². The van der Waals surface area contributed by atoms with Crippen molar-refractivity contribution < 1.29 is 4.79 Å². The molecule has 1 saturated carbocycles. The van der Waals surface area contributed by atoms with Crippen molar-refractivity contribution in [3.63, 3.8) is 0 Å². The first-order valence-corrected chi connectivity index (χ1v) is 7.17. The van der Waals surface area contributed by atoms with Crippen LogP contribution in [0.25, 0.3) is 10.9 Å². The number of Topliss-reactive ketones (excluding diaryl/α,β-unsaturated/α-hetero) is 1. The number of carbonyl (C=O) groups excluding carboxylic acids is 1. The molecule has 1 aromatic carbocycles. The molecule has 98 valence electrons. The first-order valence-electron chi connectivity index (χ1n) is 7.17. The maximum Gasteiger partial charge on any atom is 0.168 e. The number of hydrogen-bond donors (Lipinski definition) is 0. The van der Waals surface area contributed by atoms with Gasteiger partial charge in [-0.25, -0.2) is 0 Å². The van der Waals surface area contributed by atoms with Crippen LogP contribution in [0.1, 0.15) is 43.0 Å². The summed E-state index contributed by atoms with van der Waals surface area (Å²) in [5, 5.41) is 1.05. The van der Waals surface area contributed by atoms with Crippen LogP contribution in [0, 0.1) is 11.8 Å². The van der Waals surface area contributed by atoms with Crippen LogP contribution in [0.15, 0.2) is 36.5 Å². The number of benzene rings is 1. The van der Waals surface area contributed by atoms with Gasteiger partial charge in [0.15, 0.2) is 5.78 Å². The molecule has 0 aliphatic heterocycles. The Bertz CT molecular complexity index is 600. The molecule has 0 bridgehead atoms. The SMILES string of the molecule is CCC1CCC(C(=O)c2cccc3cccnc23)C1. The minimum absolute atomic E-state index is 0.206. The Kier molecular flexibility index (Phi) is 3.33. The standard InChI is InChI=1S/C17H19NO/c1-2-12-8-9-14(11-12)17(19)15-7-3-5-13-6-4-10-18-16(13)15/h3-7,10,12,14H,2,8-9,11H2,1H3. The van der Waals surface area contributed by atoms with Gasteiger partial charge in [0.05, 0.1) is 5.52 Å².